The molecule has 0 radical (unpaired) electrons. The van der Waals surface area contributed by atoms with Gasteiger partial charge in [-0.1, -0.05) is 24.3 Å². The Hall–Kier alpha value is -2.10. The van der Waals surface area contributed by atoms with E-state index in [2.05, 4.69) is 9.97 Å². The van der Waals surface area contributed by atoms with E-state index in [4.69, 9.17) is 0 Å². The van der Waals surface area contributed by atoms with Crippen molar-refractivity contribution in [1.82, 2.24) is 9.97 Å². The van der Waals surface area contributed by atoms with E-state index < -0.39 is 5.69 Å². The van der Waals surface area contributed by atoms with Crippen LogP contribution in [0, 0.1) is 0 Å². The Morgan fingerprint density at radius 1 is 1.20 bits per heavy atom. The van der Waals surface area contributed by atoms with Crippen LogP contribution < -0.4 is 11.2 Å². The van der Waals surface area contributed by atoms with Gasteiger partial charge in [0.2, 0.25) is 0 Å². The molecule has 0 atom stereocenters. The molecule has 4 nitrogen and oxygen atoms in total. The van der Waals surface area contributed by atoms with E-state index >= 15 is 0 Å². The van der Waals surface area contributed by atoms with E-state index in [9.17, 15) is 9.59 Å². The molecule has 0 aliphatic heterocycles. The molecule has 76 valence electrons. The van der Waals surface area contributed by atoms with Crippen molar-refractivity contribution in [2.75, 3.05) is 0 Å². The maximum absolute atomic E-state index is 11.5. The first-order chi connectivity index (χ1) is 7.22. The Morgan fingerprint density at radius 3 is 2.73 bits per heavy atom. The number of hydrogen-bond acceptors (Lipinski definition) is 2. The highest BCUT2D eigenvalue weighted by atomic mass is 16.2. The van der Waals surface area contributed by atoms with Gasteiger partial charge in [-0.05, 0) is 18.6 Å². The maximum Gasteiger partial charge on any atom is 0.326 e. The van der Waals surface area contributed by atoms with Crippen molar-refractivity contribution in [3.05, 3.63) is 50.7 Å². The summed E-state index contributed by atoms with van der Waals surface area (Å²) in [5, 5.41) is 0.491. The van der Waals surface area contributed by atoms with Crippen molar-refractivity contribution in [2.45, 2.75) is 6.92 Å². The monoisotopic (exact) mass is 202 g/mol. The Kier molecular flexibility index (Phi) is 2.25. The number of fused-ring (bicyclic) bond motifs is 1. The number of H-pyrrole nitrogens is 2. The van der Waals surface area contributed by atoms with Gasteiger partial charge in [0, 0.05) is 0 Å². The highest BCUT2D eigenvalue weighted by molar-refractivity contribution is 5.86. The lowest BCUT2D eigenvalue weighted by Gasteiger charge is -1.99. The van der Waals surface area contributed by atoms with Crippen molar-refractivity contribution in [3.63, 3.8) is 0 Å². The van der Waals surface area contributed by atoms with Crippen molar-refractivity contribution < 1.29 is 0 Å². The molecule has 0 bridgehead atoms. The van der Waals surface area contributed by atoms with Crippen LogP contribution in [0.15, 0.2) is 33.9 Å². The molecule has 0 fully saturated rings. The average Bonchev–Trinajstić information content (AvgIpc) is 2.19. The fourth-order valence-electron chi connectivity index (χ4n) is 1.53. The average molecular weight is 202 g/mol. The summed E-state index contributed by atoms with van der Waals surface area (Å²) >= 11 is 0. The molecular weight excluding hydrogens is 192 g/mol. The Balaban J connectivity index is 2.97. The molecule has 2 N–H and O–H groups in total. The Labute approximate surface area is 85.3 Å². The van der Waals surface area contributed by atoms with Gasteiger partial charge in [0.1, 0.15) is 0 Å². The molecule has 2 aromatic rings. The zero-order valence-electron chi connectivity index (χ0n) is 8.20. The van der Waals surface area contributed by atoms with E-state index in [1.54, 1.807) is 12.1 Å². The van der Waals surface area contributed by atoms with Gasteiger partial charge >= 0.3 is 5.69 Å². The normalized spacial score (nSPS) is 11.3. The minimum Gasteiger partial charge on any atom is -0.306 e. The molecule has 0 saturated carbocycles. The Morgan fingerprint density at radius 2 is 2.00 bits per heavy atom. The van der Waals surface area contributed by atoms with Crippen LogP contribution in [0.4, 0.5) is 0 Å². The molecule has 0 amide bonds. The van der Waals surface area contributed by atoms with Crippen LogP contribution in [-0.2, 0) is 0 Å². The Bertz CT molecular complexity index is 635. The first-order valence-corrected chi connectivity index (χ1v) is 4.60. The minimum atomic E-state index is -0.482. The van der Waals surface area contributed by atoms with Gasteiger partial charge in [-0.25, -0.2) is 4.79 Å². The summed E-state index contributed by atoms with van der Waals surface area (Å²) in [7, 11) is 0. The third-order valence-electron chi connectivity index (χ3n) is 2.15. The lowest BCUT2D eigenvalue weighted by Crippen LogP contribution is -2.22. The molecular formula is C11H10N2O2. The van der Waals surface area contributed by atoms with Gasteiger partial charge in [0.15, 0.2) is 0 Å². The number of rotatable bonds is 1. The zero-order valence-corrected chi connectivity index (χ0v) is 8.20. The van der Waals surface area contributed by atoms with Crippen molar-refractivity contribution in [3.8, 4) is 0 Å². The van der Waals surface area contributed by atoms with Crippen LogP contribution in [0.25, 0.3) is 17.0 Å². The molecule has 15 heavy (non-hydrogen) atoms. The predicted molar refractivity (Wildman–Crippen MR) is 59.9 cm³/mol. The number of aromatic amines is 2. The molecule has 0 unspecified atom stereocenters. The fraction of sp³-hybridized carbons (Fsp3) is 0.0909. The van der Waals surface area contributed by atoms with E-state index in [0.717, 1.165) is 5.56 Å². The van der Waals surface area contributed by atoms with Crippen molar-refractivity contribution >= 4 is 17.0 Å². The predicted octanol–water partition coefficient (Wildman–Crippen LogP) is 1.25. The molecule has 1 aromatic heterocycles. The number of para-hydroxylation sites is 1. The summed E-state index contributed by atoms with van der Waals surface area (Å²) < 4.78 is 0. The molecule has 2 rings (SSSR count). The molecule has 1 heterocycles. The van der Waals surface area contributed by atoms with Gasteiger partial charge in [-0.2, -0.15) is 0 Å². The zero-order chi connectivity index (χ0) is 10.8. The highest BCUT2D eigenvalue weighted by Crippen LogP contribution is 2.12. The second kappa shape index (κ2) is 3.57. The summed E-state index contributed by atoms with van der Waals surface area (Å²) in [5.74, 6) is 0. The number of hydrogen-bond donors (Lipinski definition) is 2. The minimum absolute atomic E-state index is 0.361. The van der Waals surface area contributed by atoms with Gasteiger partial charge < -0.3 is 4.98 Å². The molecule has 0 aliphatic carbocycles. The lowest BCUT2D eigenvalue weighted by atomic mass is 10.1. The standard InChI is InChI=1S/C11H10N2O2/c1-2-4-7-5-3-6-8-9(7)12-11(15)13-10(8)14/h2-6H,1H3,(H2,12,13,14,15)/b4-2-. The van der Waals surface area contributed by atoms with Crippen molar-refractivity contribution in [2.24, 2.45) is 0 Å². The molecule has 0 saturated heterocycles. The number of benzene rings is 1. The topological polar surface area (TPSA) is 65.7 Å². The summed E-state index contributed by atoms with van der Waals surface area (Å²) in [6.45, 7) is 1.88. The van der Waals surface area contributed by atoms with E-state index in [1.807, 2.05) is 25.1 Å². The van der Waals surface area contributed by atoms with Gasteiger partial charge in [-0.15, -0.1) is 0 Å². The van der Waals surface area contributed by atoms with Crippen LogP contribution in [0.3, 0.4) is 0 Å². The van der Waals surface area contributed by atoms with E-state index in [0.29, 0.717) is 10.9 Å². The SMILES string of the molecule is C/C=C\c1cccc2c(=O)[nH]c(=O)[nH]c12. The van der Waals surface area contributed by atoms with Crippen molar-refractivity contribution in [1.29, 1.82) is 0 Å². The first kappa shape index (κ1) is 9.45. The van der Waals surface area contributed by atoms with Gasteiger partial charge in [0.05, 0.1) is 10.9 Å². The smallest absolute Gasteiger partial charge is 0.306 e. The van der Waals surface area contributed by atoms with Crippen LogP contribution >= 0.6 is 0 Å². The third-order valence-corrected chi connectivity index (χ3v) is 2.15. The third kappa shape index (κ3) is 1.61. The highest BCUT2D eigenvalue weighted by Gasteiger charge is 2.02. The van der Waals surface area contributed by atoms with Crippen LogP contribution in [0.1, 0.15) is 12.5 Å². The second-order valence-electron chi connectivity index (χ2n) is 3.18. The molecule has 1 aromatic carbocycles. The maximum atomic E-state index is 11.5. The largest absolute Gasteiger partial charge is 0.326 e. The summed E-state index contributed by atoms with van der Waals surface area (Å²) in [6.07, 6.45) is 3.70. The van der Waals surface area contributed by atoms with Crippen LogP contribution in [0.2, 0.25) is 0 Å². The number of aromatic nitrogens is 2. The fourth-order valence-corrected chi connectivity index (χ4v) is 1.53. The summed E-state index contributed by atoms with van der Waals surface area (Å²) in [5.41, 5.74) is 0.562. The number of nitrogens with one attached hydrogen (secondary N) is 2. The molecule has 0 spiro atoms. The van der Waals surface area contributed by atoms with Crippen LogP contribution in [-0.4, -0.2) is 9.97 Å². The lowest BCUT2D eigenvalue weighted by molar-refractivity contribution is 1.08. The quantitative estimate of drug-likeness (QED) is 0.730. The molecule has 4 heteroatoms. The van der Waals surface area contributed by atoms with Gasteiger partial charge in [-0.3, -0.25) is 9.78 Å². The van der Waals surface area contributed by atoms with E-state index in [1.165, 1.54) is 0 Å². The molecule has 0 aliphatic rings. The summed E-state index contributed by atoms with van der Waals surface area (Å²) in [6, 6.07) is 5.31. The summed E-state index contributed by atoms with van der Waals surface area (Å²) in [4.78, 5) is 27.4. The number of allylic oxidation sites excluding steroid dienone is 1. The van der Waals surface area contributed by atoms with Crippen LogP contribution in [0.5, 0.6) is 0 Å². The second-order valence-corrected chi connectivity index (χ2v) is 3.18. The van der Waals surface area contributed by atoms with Gasteiger partial charge in [0.25, 0.3) is 5.56 Å². The van der Waals surface area contributed by atoms with E-state index in [-0.39, 0.29) is 5.56 Å². The first-order valence-electron chi connectivity index (χ1n) is 4.60.